The van der Waals surface area contributed by atoms with Gasteiger partial charge >= 0.3 is 29.8 Å². The van der Waals surface area contributed by atoms with Crippen LogP contribution in [0, 0.1) is 0 Å². The molecule has 0 spiro atoms. The largest absolute Gasteiger partial charge is 0.481 e. The van der Waals surface area contributed by atoms with Crippen molar-refractivity contribution in [1.29, 1.82) is 0 Å². The second kappa shape index (κ2) is 15.7. The minimum Gasteiger partial charge on any atom is -0.481 e. The molecule has 0 heterocycles. The number of carbonyl (C=O) groups is 5. The molecule has 14 heteroatoms. The maximum atomic E-state index is 9.99. The van der Waals surface area contributed by atoms with E-state index in [9.17, 15) is 24.0 Å². The van der Waals surface area contributed by atoms with E-state index in [1.165, 1.54) is 0 Å². The standard InChI is InChI=1S/C5H9NO4.C4H7NO4.C3H7NO3/c6-3(5(9)10)1-2-4(7)8;5-2(4(8)9)1-3(6)7;4-2(1-5)3(6)7/h3H,1-2,6H2,(H,7,8)(H,9,10);2H,1,5H2,(H,6,7)(H,8,9);2,5H,1,4H2,(H,6,7). The van der Waals surface area contributed by atoms with Crippen LogP contribution in [0.5, 0.6) is 0 Å². The monoisotopic (exact) mass is 385 g/mol. The highest BCUT2D eigenvalue weighted by atomic mass is 16.4. The fourth-order valence-corrected chi connectivity index (χ4v) is 0.756. The Morgan fingerprint density at radius 3 is 1.19 bits per heavy atom. The van der Waals surface area contributed by atoms with Crippen LogP contribution in [-0.2, 0) is 24.0 Å². The first kappa shape index (κ1) is 28.0. The second-order valence-corrected chi connectivity index (χ2v) is 4.55. The van der Waals surface area contributed by atoms with Gasteiger partial charge in [-0.2, -0.15) is 0 Å². The van der Waals surface area contributed by atoms with Gasteiger partial charge in [0, 0.05) is 6.42 Å². The van der Waals surface area contributed by atoms with Crippen LogP contribution in [-0.4, -0.2) is 85.2 Å². The number of aliphatic hydroxyl groups is 1. The van der Waals surface area contributed by atoms with E-state index in [2.05, 4.69) is 0 Å². The van der Waals surface area contributed by atoms with E-state index in [-0.39, 0.29) is 12.8 Å². The van der Waals surface area contributed by atoms with Crippen LogP contribution in [0.3, 0.4) is 0 Å². The van der Waals surface area contributed by atoms with E-state index in [1.54, 1.807) is 0 Å². The molecule has 0 aromatic carbocycles. The minimum absolute atomic E-state index is 0.0231. The van der Waals surface area contributed by atoms with Gasteiger partial charge in [0.15, 0.2) is 0 Å². The van der Waals surface area contributed by atoms with Gasteiger partial charge in [-0.3, -0.25) is 24.0 Å². The van der Waals surface area contributed by atoms with Crippen LogP contribution in [0.25, 0.3) is 0 Å². The fourth-order valence-electron chi connectivity index (χ4n) is 0.756. The quantitative estimate of drug-likeness (QED) is 0.186. The van der Waals surface area contributed by atoms with Crippen LogP contribution in [0.2, 0.25) is 0 Å². The molecular weight excluding hydrogens is 362 g/mol. The number of hydrogen-bond acceptors (Lipinski definition) is 9. The summed E-state index contributed by atoms with van der Waals surface area (Å²) in [5.41, 5.74) is 14.6. The van der Waals surface area contributed by atoms with Crippen LogP contribution >= 0.6 is 0 Å². The summed E-state index contributed by atoms with van der Waals surface area (Å²) in [6, 6.07) is -3.47. The van der Waals surface area contributed by atoms with Crippen molar-refractivity contribution in [3.8, 4) is 0 Å². The van der Waals surface area contributed by atoms with Crippen molar-refractivity contribution in [3.63, 3.8) is 0 Å². The number of nitrogens with two attached hydrogens (primary N) is 3. The zero-order valence-corrected chi connectivity index (χ0v) is 13.5. The first-order valence-electron chi connectivity index (χ1n) is 6.75. The summed E-state index contributed by atoms with van der Waals surface area (Å²) in [7, 11) is 0. The molecule has 0 saturated carbocycles. The molecule has 3 unspecified atom stereocenters. The summed E-state index contributed by atoms with van der Waals surface area (Å²) in [6.07, 6.45) is -0.756. The van der Waals surface area contributed by atoms with Crippen molar-refractivity contribution in [2.75, 3.05) is 6.61 Å². The van der Waals surface area contributed by atoms with Gasteiger partial charge in [0.05, 0.1) is 13.0 Å². The number of hydrogen-bond donors (Lipinski definition) is 9. The summed E-state index contributed by atoms with van der Waals surface area (Å²) >= 11 is 0. The lowest BCUT2D eigenvalue weighted by Gasteiger charge is -2.01. The average molecular weight is 385 g/mol. The van der Waals surface area contributed by atoms with E-state index in [0.717, 1.165) is 0 Å². The van der Waals surface area contributed by atoms with Crippen LogP contribution in [0.1, 0.15) is 19.3 Å². The van der Waals surface area contributed by atoms with Crippen LogP contribution < -0.4 is 17.2 Å². The Labute approximate surface area is 146 Å². The Morgan fingerprint density at radius 2 is 1.04 bits per heavy atom. The van der Waals surface area contributed by atoms with Crippen molar-refractivity contribution < 1.29 is 54.6 Å². The van der Waals surface area contributed by atoms with Gasteiger partial charge in [-0.1, -0.05) is 0 Å². The highest BCUT2D eigenvalue weighted by Gasteiger charge is 2.14. The molecule has 0 amide bonds. The number of aliphatic carboxylic acids is 5. The first-order valence-corrected chi connectivity index (χ1v) is 6.75. The molecule has 0 saturated heterocycles. The normalized spacial score (nSPS) is 12.8. The van der Waals surface area contributed by atoms with Gasteiger partial charge in [0.1, 0.15) is 18.1 Å². The third-order valence-electron chi connectivity index (χ3n) is 2.21. The molecular formula is C12H23N3O11. The summed E-state index contributed by atoms with van der Waals surface area (Å²) in [6.45, 7) is -0.505. The first-order chi connectivity index (χ1) is 11.8. The lowest BCUT2D eigenvalue weighted by molar-refractivity contribution is -0.144. The van der Waals surface area contributed by atoms with Crippen molar-refractivity contribution in [2.45, 2.75) is 37.4 Å². The predicted molar refractivity (Wildman–Crippen MR) is 83.0 cm³/mol. The van der Waals surface area contributed by atoms with Gasteiger partial charge in [-0.25, -0.2) is 0 Å². The number of rotatable bonds is 9. The van der Waals surface area contributed by atoms with E-state index in [0.29, 0.717) is 0 Å². The molecule has 0 radical (unpaired) electrons. The van der Waals surface area contributed by atoms with E-state index >= 15 is 0 Å². The van der Waals surface area contributed by atoms with Crippen molar-refractivity contribution in [1.82, 2.24) is 0 Å². The van der Waals surface area contributed by atoms with Crippen molar-refractivity contribution in [3.05, 3.63) is 0 Å². The Bertz CT molecular complexity index is 483. The highest BCUT2D eigenvalue weighted by molar-refractivity contribution is 5.80. The van der Waals surface area contributed by atoms with E-state index in [4.69, 9.17) is 47.8 Å². The van der Waals surface area contributed by atoms with E-state index < -0.39 is 61.0 Å². The molecule has 0 aromatic heterocycles. The molecule has 0 aromatic rings. The number of carboxylic acids is 5. The molecule has 0 rings (SSSR count). The zero-order chi connectivity index (χ0) is 21.4. The Balaban J connectivity index is -0.000000310. The second-order valence-electron chi connectivity index (χ2n) is 4.55. The highest BCUT2D eigenvalue weighted by Crippen LogP contribution is 1.93. The van der Waals surface area contributed by atoms with Gasteiger partial charge < -0.3 is 47.8 Å². The lowest BCUT2D eigenvalue weighted by atomic mass is 10.2. The maximum Gasteiger partial charge on any atom is 0.322 e. The fraction of sp³-hybridized carbons (Fsp3) is 0.583. The molecule has 26 heavy (non-hydrogen) atoms. The minimum atomic E-state index is -1.29. The Morgan fingerprint density at radius 1 is 0.654 bits per heavy atom. The molecule has 0 aliphatic heterocycles. The summed E-state index contributed by atoms with van der Waals surface area (Å²) < 4.78 is 0. The van der Waals surface area contributed by atoms with Gasteiger partial charge in [0.2, 0.25) is 0 Å². The van der Waals surface area contributed by atoms with Gasteiger partial charge in [0.25, 0.3) is 0 Å². The molecule has 0 aliphatic carbocycles. The van der Waals surface area contributed by atoms with Crippen LogP contribution in [0.15, 0.2) is 0 Å². The van der Waals surface area contributed by atoms with Crippen molar-refractivity contribution >= 4 is 29.8 Å². The van der Waals surface area contributed by atoms with Gasteiger partial charge in [-0.05, 0) is 6.42 Å². The van der Waals surface area contributed by atoms with E-state index in [1.807, 2.05) is 0 Å². The Hall–Kier alpha value is -2.81. The molecule has 14 nitrogen and oxygen atoms in total. The molecule has 0 bridgehead atoms. The summed E-state index contributed by atoms with van der Waals surface area (Å²) in [5.74, 6) is -5.87. The molecule has 0 fully saturated rings. The molecule has 152 valence electrons. The SMILES string of the molecule is NC(CC(=O)O)C(=O)O.NC(CCC(=O)O)C(=O)O.NC(CO)C(=O)O. The summed E-state index contributed by atoms with van der Waals surface area (Å²) in [5, 5.41) is 48.2. The van der Waals surface area contributed by atoms with Gasteiger partial charge in [-0.15, -0.1) is 0 Å². The number of aliphatic hydroxyl groups excluding tert-OH is 1. The predicted octanol–water partition coefficient (Wildman–Crippen LogP) is -3.47. The van der Waals surface area contributed by atoms with Crippen molar-refractivity contribution in [2.24, 2.45) is 17.2 Å². The lowest BCUT2D eigenvalue weighted by Crippen LogP contribution is -2.33. The smallest absolute Gasteiger partial charge is 0.322 e. The molecule has 12 N–H and O–H groups in total. The summed E-state index contributed by atoms with van der Waals surface area (Å²) in [4.78, 5) is 49.1. The Kier molecular flexibility index (Phi) is 16.9. The number of carboxylic acid groups (broad SMARTS) is 5. The average Bonchev–Trinajstić information content (AvgIpc) is 2.51. The molecule has 0 aliphatic rings. The maximum absolute atomic E-state index is 9.99. The zero-order valence-electron chi connectivity index (χ0n) is 13.5. The topological polar surface area (TPSA) is 285 Å². The third kappa shape index (κ3) is 21.2. The third-order valence-corrected chi connectivity index (χ3v) is 2.21. The molecule has 3 atom stereocenters. The van der Waals surface area contributed by atoms with Crippen LogP contribution in [0.4, 0.5) is 0 Å².